The minimum absolute atomic E-state index is 0.108. The van der Waals surface area contributed by atoms with Gasteiger partial charge in [0.2, 0.25) is 5.91 Å². The van der Waals surface area contributed by atoms with Crippen molar-refractivity contribution in [3.63, 3.8) is 0 Å². The van der Waals surface area contributed by atoms with Gasteiger partial charge in [-0.2, -0.15) is 0 Å². The molecule has 0 aromatic carbocycles. The molecular formula is C12H15NO2S. The van der Waals surface area contributed by atoms with E-state index in [1.54, 1.807) is 11.3 Å². The van der Waals surface area contributed by atoms with Gasteiger partial charge in [-0.3, -0.25) is 4.79 Å². The number of thiophene rings is 1. The van der Waals surface area contributed by atoms with E-state index in [0.717, 1.165) is 19.3 Å². The van der Waals surface area contributed by atoms with Crippen LogP contribution in [0.15, 0.2) is 11.4 Å². The number of hydrogen-bond acceptors (Lipinski definition) is 3. The highest BCUT2D eigenvalue weighted by atomic mass is 32.1. The molecule has 1 aliphatic heterocycles. The second-order valence-corrected chi connectivity index (χ2v) is 5.61. The molecule has 1 fully saturated rings. The van der Waals surface area contributed by atoms with Crippen molar-refractivity contribution in [2.45, 2.75) is 37.8 Å². The second-order valence-electron chi connectivity index (χ2n) is 4.61. The zero-order valence-electron chi connectivity index (χ0n) is 9.06. The summed E-state index contributed by atoms with van der Waals surface area (Å²) in [5.41, 5.74) is 1.32. The number of carbonyl (C=O) groups is 1. The third kappa shape index (κ3) is 1.57. The van der Waals surface area contributed by atoms with E-state index in [9.17, 15) is 9.90 Å². The summed E-state index contributed by atoms with van der Waals surface area (Å²) in [5.74, 6) is 0.108. The molecule has 1 aromatic rings. The SMILES string of the molecule is O=C1CC(O)CN1C1CCCc2sccc21. The van der Waals surface area contributed by atoms with Gasteiger partial charge in [0.15, 0.2) is 0 Å². The molecule has 4 heteroatoms. The molecule has 1 amide bonds. The normalized spacial score (nSPS) is 29.6. The van der Waals surface area contributed by atoms with Crippen LogP contribution in [0.5, 0.6) is 0 Å². The first kappa shape index (κ1) is 10.3. The fraction of sp³-hybridized carbons (Fsp3) is 0.583. The number of aryl methyl sites for hydroxylation is 1. The molecule has 1 N–H and O–H groups in total. The van der Waals surface area contributed by atoms with Gasteiger partial charge in [0.1, 0.15) is 0 Å². The van der Waals surface area contributed by atoms with Crippen LogP contribution in [-0.4, -0.2) is 28.6 Å². The van der Waals surface area contributed by atoms with E-state index in [-0.39, 0.29) is 11.9 Å². The Morgan fingerprint density at radius 2 is 2.38 bits per heavy atom. The maximum atomic E-state index is 11.8. The van der Waals surface area contributed by atoms with Crippen LogP contribution in [-0.2, 0) is 11.2 Å². The predicted octanol–water partition coefficient (Wildman–Crippen LogP) is 1.72. The van der Waals surface area contributed by atoms with E-state index in [0.29, 0.717) is 13.0 Å². The molecule has 3 rings (SSSR count). The lowest BCUT2D eigenvalue weighted by atomic mass is 9.93. The summed E-state index contributed by atoms with van der Waals surface area (Å²) in [6.45, 7) is 0.513. The Kier molecular flexibility index (Phi) is 2.48. The number of aliphatic hydroxyl groups excluding tert-OH is 1. The third-order valence-electron chi connectivity index (χ3n) is 3.53. The lowest BCUT2D eigenvalue weighted by Crippen LogP contribution is -2.32. The summed E-state index contributed by atoms with van der Waals surface area (Å²) in [5, 5.41) is 11.7. The number of aliphatic hydroxyl groups is 1. The molecule has 2 atom stereocenters. The van der Waals surface area contributed by atoms with Crippen molar-refractivity contribution in [2.24, 2.45) is 0 Å². The van der Waals surface area contributed by atoms with Gasteiger partial charge >= 0.3 is 0 Å². The van der Waals surface area contributed by atoms with Crippen molar-refractivity contribution < 1.29 is 9.90 Å². The van der Waals surface area contributed by atoms with Crippen LogP contribution < -0.4 is 0 Å². The monoisotopic (exact) mass is 237 g/mol. The number of β-amino-alcohol motifs (C(OH)–C–C–N with tert-alkyl or cyclic N) is 1. The molecule has 3 nitrogen and oxygen atoms in total. The van der Waals surface area contributed by atoms with Crippen LogP contribution in [0, 0.1) is 0 Å². The molecule has 1 saturated heterocycles. The summed E-state index contributed by atoms with van der Waals surface area (Å²) in [6, 6.07) is 2.36. The van der Waals surface area contributed by atoms with E-state index in [1.807, 2.05) is 4.90 Å². The number of nitrogens with zero attached hydrogens (tertiary/aromatic N) is 1. The van der Waals surface area contributed by atoms with Crippen LogP contribution >= 0.6 is 11.3 Å². The summed E-state index contributed by atoms with van der Waals surface area (Å²) in [4.78, 5) is 15.1. The van der Waals surface area contributed by atoms with Crippen molar-refractivity contribution in [3.05, 3.63) is 21.9 Å². The predicted molar refractivity (Wildman–Crippen MR) is 62.3 cm³/mol. The quantitative estimate of drug-likeness (QED) is 0.808. The van der Waals surface area contributed by atoms with Crippen molar-refractivity contribution in [2.75, 3.05) is 6.54 Å². The topological polar surface area (TPSA) is 40.5 Å². The Morgan fingerprint density at radius 1 is 1.50 bits per heavy atom. The Labute approximate surface area is 98.7 Å². The molecule has 2 unspecified atom stereocenters. The van der Waals surface area contributed by atoms with Crippen molar-refractivity contribution in [3.8, 4) is 0 Å². The van der Waals surface area contributed by atoms with Gasteiger partial charge in [0, 0.05) is 11.4 Å². The summed E-state index contributed by atoms with van der Waals surface area (Å²) < 4.78 is 0. The van der Waals surface area contributed by atoms with E-state index in [4.69, 9.17) is 0 Å². The van der Waals surface area contributed by atoms with Gasteiger partial charge in [0.25, 0.3) is 0 Å². The molecular weight excluding hydrogens is 222 g/mol. The lowest BCUT2D eigenvalue weighted by Gasteiger charge is -2.31. The molecule has 0 bridgehead atoms. The van der Waals surface area contributed by atoms with E-state index in [2.05, 4.69) is 11.4 Å². The fourth-order valence-corrected chi connectivity index (χ4v) is 3.78. The summed E-state index contributed by atoms with van der Waals surface area (Å²) >= 11 is 1.79. The summed E-state index contributed by atoms with van der Waals surface area (Å²) in [7, 11) is 0. The second kappa shape index (κ2) is 3.86. The molecule has 2 aliphatic rings. The highest BCUT2D eigenvalue weighted by Crippen LogP contribution is 2.38. The average molecular weight is 237 g/mol. The Balaban J connectivity index is 1.90. The minimum Gasteiger partial charge on any atom is -0.391 e. The van der Waals surface area contributed by atoms with Crippen molar-refractivity contribution in [1.82, 2.24) is 4.90 Å². The van der Waals surface area contributed by atoms with Gasteiger partial charge in [-0.25, -0.2) is 0 Å². The molecule has 1 aliphatic carbocycles. The Hall–Kier alpha value is -0.870. The average Bonchev–Trinajstić information content (AvgIpc) is 2.84. The lowest BCUT2D eigenvalue weighted by molar-refractivity contribution is -0.130. The number of fused-ring (bicyclic) bond motifs is 1. The first-order valence-electron chi connectivity index (χ1n) is 5.79. The van der Waals surface area contributed by atoms with Crippen molar-refractivity contribution in [1.29, 1.82) is 0 Å². The highest BCUT2D eigenvalue weighted by molar-refractivity contribution is 7.10. The van der Waals surface area contributed by atoms with Crippen LogP contribution in [0.3, 0.4) is 0 Å². The Bertz CT molecular complexity index is 415. The molecule has 16 heavy (non-hydrogen) atoms. The van der Waals surface area contributed by atoms with E-state index >= 15 is 0 Å². The molecule has 1 aromatic heterocycles. The number of hydrogen-bond donors (Lipinski definition) is 1. The number of likely N-dealkylation sites (tertiary alicyclic amines) is 1. The molecule has 2 heterocycles. The first-order valence-corrected chi connectivity index (χ1v) is 6.67. The van der Waals surface area contributed by atoms with Gasteiger partial charge in [-0.05, 0) is 36.3 Å². The molecule has 86 valence electrons. The summed E-state index contributed by atoms with van der Waals surface area (Å²) in [6.07, 6.45) is 3.18. The van der Waals surface area contributed by atoms with Gasteiger partial charge in [-0.1, -0.05) is 0 Å². The molecule has 0 saturated carbocycles. The Morgan fingerprint density at radius 3 is 3.12 bits per heavy atom. The maximum Gasteiger partial charge on any atom is 0.225 e. The van der Waals surface area contributed by atoms with Gasteiger partial charge in [0.05, 0.1) is 18.6 Å². The van der Waals surface area contributed by atoms with Crippen LogP contribution in [0.1, 0.15) is 35.7 Å². The zero-order chi connectivity index (χ0) is 11.1. The minimum atomic E-state index is -0.462. The third-order valence-corrected chi connectivity index (χ3v) is 4.53. The van der Waals surface area contributed by atoms with Gasteiger partial charge in [-0.15, -0.1) is 11.3 Å². The van der Waals surface area contributed by atoms with Gasteiger partial charge < -0.3 is 10.0 Å². The van der Waals surface area contributed by atoms with Crippen LogP contribution in [0.4, 0.5) is 0 Å². The smallest absolute Gasteiger partial charge is 0.225 e. The van der Waals surface area contributed by atoms with Crippen LogP contribution in [0.2, 0.25) is 0 Å². The first-order chi connectivity index (χ1) is 7.75. The standard InChI is InChI=1S/C12H15NO2S/c14-8-6-12(15)13(7-8)10-2-1-3-11-9(10)4-5-16-11/h4-5,8,10,14H,1-3,6-7H2. The zero-order valence-corrected chi connectivity index (χ0v) is 9.87. The number of amides is 1. The fourth-order valence-electron chi connectivity index (χ4n) is 2.80. The molecule has 0 spiro atoms. The molecule has 0 radical (unpaired) electrons. The van der Waals surface area contributed by atoms with Crippen LogP contribution in [0.25, 0.3) is 0 Å². The van der Waals surface area contributed by atoms with E-state index < -0.39 is 6.10 Å². The van der Waals surface area contributed by atoms with E-state index in [1.165, 1.54) is 10.4 Å². The maximum absolute atomic E-state index is 11.8. The number of rotatable bonds is 1. The number of carbonyl (C=O) groups excluding carboxylic acids is 1. The largest absolute Gasteiger partial charge is 0.391 e. The van der Waals surface area contributed by atoms with Crippen molar-refractivity contribution >= 4 is 17.2 Å². The highest BCUT2D eigenvalue weighted by Gasteiger charge is 2.36.